The van der Waals surface area contributed by atoms with E-state index in [0.717, 1.165) is 65.4 Å². The second-order valence-corrected chi connectivity index (χ2v) is 19.3. The van der Waals surface area contributed by atoms with Crippen LogP contribution in [0.4, 0.5) is 10.3 Å². The summed E-state index contributed by atoms with van der Waals surface area (Å²) in [6.45, 7) is 5.86. The lowest BCUT2D eigenvalue weighted by Crippen LogP contribution is -2.41. The third-order valence-corrected chi connectivity index (χ3v) is 14.1. The number of ether oxygens (including phenoxy) is 1. The predicted molar refractivity (Wildman–Crippen MR) is 267 cm³/mol. The standard InChI is InChI=1S/C51H54N10O7S2/c1-58(2)20-9-18-52-44(62)40-30-69-51(54-40)57-47(65)43(60-28-36-12-6-7-15-38(36)48(60)66)35-14-8-13-33(26-35)34-16-17-39-37(27-34)29-61(49(39)67)42(32-10-4-3-5-11-32)46(64)56-50-55-41(31-70-50)45(63)53-19-21-59-22-24-68-25-23-59/h3-8,10-17,26-27,30-31,42-43,48,66H,9,18-25,28-29H2,1-2H3,(H,52,62)(H,53,63)(H,54,57,65)(H,55,56,64)/t42-,43-,48?/m1/s1. The Kier molecular flexibility index (Phi) is 15.1. The van der Waals surface area contributed by atoms with E-state index in [1.807, 2.05) is 97.9 Å². The van der Waals surface area contributed by atoms with Crippen molar-refractivity contribution in [2.24, 2.45) is 0 Å². The highest BCUT2D eigenvalue weighted by Crippen LogP contribution is 2.41. The molecule has 6 aromatic rings. The van der Waals surface area contributed by atoms with Crippen LogP contribution in [0, 0.1) is 0 Å². The Morgan fingerprint density at radius 3 is 2.09 bits per heavy atom. The molecule has 3 atom stereocenters. The van der Waals surface area contributed by atoms with Gasteiger partial charge < -0.3 is 35.6 Å². The lowest BCUT2D eigenvalue weighted by atomic mass is 9.96. The smallest absolute Gasteiger partial charge is 0.270 e. The molecule has 3 aliphatic rings. The van der Waals surface area contributed by atoms with E-state index in [2.05, 4.69) is 36.1 Å². The number of carbonyl (C=O) groups excluding carboxylic acids is 5. The predicted octanol–water partition coefficient (Wildman–Crippen LogP) is 5.53. The van der Waals surface area contributed by atoms with Crippen molar-refractivity contribution >= 4 is 62.5 Å². The van der Waals surface area contributed by atoms with Gasteiger partial charge in [-0.25, -0.2) is 9.97 Å². The van der Waals surface area contributed by atoms with Crippen LogP contribution in [0.15, 0.2) is 108 Å². The van der Waals surface area contributed by atoms with E-state index in [0.29, 0.717) is 67.2 Å². The van der Waals surface area contributed by atoms with Crippen molar-refractivity contribution in [3.05, 3.63) is 153 Å². The number of nitrogens with one attached hydrogen (secondary N) is 4. The summed E-state index contributed by atoms with van der Waals surface area (Å²) in [4.78, 5) is 85.2. The number of aromatic nitrogens is 2. The zero-order valence-corrected chi connectivity index (χ0v) is 40.4. The number of benzene rings is 4. The van der Waals surface area contributed by atoms with Crippen LogP contribution in [0.1, 0.15) is 83.9 Å². The second-order valence-electron chi connectivity index (χ2n) is 17.6. The summed E-state index contributed by atoms with van der Waals surface area (Å²) in [5.41, 5.74) is 5.93. The van der Waals surface area contributed by atoms with Crippen LogP contribution in [0.25, 0.3) is 11.1 Å². The minimum atomic E-state index is -1.07. The molecule has 19 heteroatoms. The van der Waals surface area contributed by atoms with Gasteiger partial charge in [0.05, 0.1) is 13.2 Å². The maximum Gasteiger partial charge on any atom is 0.270 e. The maximum absolute atomic E-state index is 14.5. The zero-order chi connectivity index (χ0) is 48.7. The molecule has 17 nitrogen and oxygen atoms in total. The Bertz CT molecular complexity index is 2870. The first-order valence-electron chi connectivity index (χ1n) is 23.2. The summed E-state index contributed by atoms with van der Waals surface area (Å²) < 4.78 is 5.40. The number of morpholine rings is 1. The molecule has 1 fully saturated rings. The van der Waals surface area contributed by atoms with Crippen LogP contribution in [-0.4, -0.2) is 131 Å². The van der Waals surface area contributed by atoms with Crippen molar-refractivity contribution in [1.82, 2.24) is 40.2 Å². The summed E-state index contributed by atoms with van der Waals surface area (Å²) in [7, 11) is 3.94. The molecular weight excluding hydrogens is 929 g/mol. The fourth-order valence-electron chi connectivity index (χ4n) is 8.99. The van der Waals surface area contributed by atoms with Gasteiger partial charge in [-0.15, -0.1) is 22.7 Å². The number of hydrogen-bond donors (Lipinski definition) is 5. The first-order chi connectivity index (χ1) is 34.0. The van der Waals surface area contributed by atoms with Crippen molar-refractivity contribution in [1.29, 1.82) is 0 Å². The largest absolute Gasteiger partial charge is 0.379 e. The number of aliphatic hydroxyl groups is 1. The van der Waals surface area contributed by atoms with E-state index in [9.17, 15) is 29.1 Å². The molecule has 0 bridgehead atoms. The van der Waals surface area contributed by atoms with Gasteiger partial charge in [-0.3, -0.25) is 39.1 Å². The van der Waals surface area contributed by atoms with Crippen molar-refractivity contribution in [2.45, 2.75) is 37.8 Å². The molecule has 3 aliphatic heterocycles. The van der Waals surface area contributed by atoms with E-state index in [1.165, 1.54) is 4.90 Å². The maximum atomic E-state index is 14.5. The molecule has 5 amide bonds. The minimum Gasteiger partial charge on any atom is -0.379 e. The second kappa shape index (κ2) is 21.9. The first-order valence-corrected chi connectivity index (χ1v) is 24.9. The molecule has 4 aromatic carbocycles. The Hall–Kier alpha value is -6.71. The van der Waals surface area contributed by atoms with E-state index in [4.69, 9.17) is 4.74 Å². The van der Waals surface area contributed by atoms with Gasteiger partial charge in [0.1, 0.15) is 29.7 Å². The normalized spacial score (nSPS) is 16.7. The molecular formula is C51H54N10O7S2. The molecule has 5 N–H and O–H groups in total. The third kappa shape index (κ3) is 11.0. The number of anilines is 2. The van der Waals surface area contributed by atoms with Crippen LogP contribution in [0.5, 0.6) is 0 Å². The average Bonchev–Trinajstić information content (AvgIpc) is 4.18. The van der Waals surface area contributed by atoms with Gasteiger partial charge in [-0.1, -0.05) is 78.9 Å². The molecule has 1 unspecified atom stereocenters. The molecule has 1 saturated heterocycles. The topological polar surface area (TPSA) is 202 Å². The van der Waals surface area contributed by atoms with Gasteiger partial charge in [0.2, 0.25) is 5.91 Å². The summed E-state index contributed by atoms with van der Waals surface area (Å²) >= 11 is 2.28. The van der Waals surface area contributed by atoms with Crippen LogP contribution in [0.3, 0.4) is 0 Å². The Labute approximate surface area is 413 Å². The van der Waals surface area contributed by atoms with Crippen molar-refractivity contribution in [2.75, 3.05) is 77.2 Å². The minimum absolute atomic E-state index is 0.135. The number of hydrogen-bond acceptors (Lipinski definition) is 14. The van der Waals surface area contributed by atoms with Crippen molar-refractivity contribution in [3.8, 4) is 11.1 Å². The molecule has 362 valence electrons. The number of amides is 5. The van der Waals surface area contributed by atoms with Crippen LogP contribution >= 0.6 is 22.7 Å². The van der Waals surface area contributed by atoms with E-state index < -0.39 is 30.1 Å². The highest BCUT2D eigenvalue weighted by Gasteiger charge is 2.40. The van der Waals surface area contributed by atoms with E-state index >= 15 is 0 Å². The number of thiazole rings is 2. The summed E-state index contributed by atoms with van der Waals surface area (Å²) in [6, 6.07) is 27.6. The van der Waals surface area contributed by atoms with E-state index in [1.54, 1.807) is 33.9 Å². The molecule has 9 rings (SSSR count). The molecule has 0 spiro atoms. The SMILES string of the molecule is CN(C)CCCNC(=O)c1csc(NC(=O)[C@@H](c2cccc(-c3ccc4c(c3)CN([C@@H](C(=O)Nc3nc(C(=O)NCCN5CCOCC5)cs3)c3ccccc3)C4=O)c2)N2Cc3ccccc3C2O)n1. The Morgan fingerprint density at radius 1 is 0.743 bits per heavy atom. The van der Waals surface area contributed by atoms with Gasteiger partial charge in [0.15, 0.2) is 10.3 Å². The van der Waals surface area contributed by atoms with Gasteiger partial charge in [-0.2, -0.15) is 0 Å². The number of rotatable bonds is 18. The number of aliphatic hydroxyl groups excluding tert-OH is 1. The fraction of sp³-hybridized carbons (Fsp3) is 0.314. The lowest BCUT2D eigenvalue weighted by molar-refractivity contribution is -0.126. The highest BCUT2D eigenvalue weighted by atomic mass is 32.1. The molecule has 5 heterocycles. The number of nitrogens with zero attached hydrogens (tertiary/aromatic N) is 6. The molecule has 0 radical (unpaired) electrons. The highest BCUT2D eigenvalue weighted by molar-refractivity contribution is 7.14. The molecule has 0 aliphatic carbocycles. The number of carbonyl (C=O) groups is 5. The Morgan fingerprint density at radius 2 is 1.39 bits per heavy atom. The van der Waals surface area contributed by atoms with Crippen LogP contribution in [0.2, 0.25) is 0 Å². The first kappa shape index (κ1) is 48.3. The van der Waals surface area contributed by atoms with Crippen molar-refractivity contribution < 1.29 is 33.8 Å². The zero-order valence-electron chi connectivity index (χ0n) is 38.8. The number of fused-ring (bicyclic) bond motifs is 2. The van der Waals surface area contributed by atoms with Gasteiger partial charge in [0.25, 0.3) is 23.6 Å². The van der Waals surface area contributed by atoms with Gasteiger partial charge >= 0.3 is 0 Å². The molecule has 0 saturated carbocycles. The summed E-state index contributed by atoms with van der Waals surface area (Å²) in [6.07, 6.45) is -0.297. The average molecular weight is 983 g/mol. The van der Waals surface area contributed by atoms with Gasteiger partial charge in [-0.05, 0) is 84.2 Å². The van der Waals surface area contributed by atoms with Crippen LogP contribution in [-0.2, 0) is 27.4 Å². The third-order valence-electron chi connectivity index (χ3n) is 12.5. The van der Waals surface area contributed by atoms with Crippen LogP contribution < -0.4 is 21.3 Å². The fourth-order valence-corrected chi connectivity index (χ4v) is 10.4. The lowest BCUT2D eigenvalue weighted by Gasteiger charge is -2.30. The van der Waals surface area contributed by atoms with Crippen molar-refractivity contribution in [3.63, 3.8) is 0 Å². The summed E-state index contributed by atoms with van der Waals surface area (Å²) in [5, 5.41) is 26.9. The molecule has 70 heavy (non-hydrogen) atoms. The van der Waals surface area contributed by atoms with Gasteiger partial charge in [0, 0.05) is 62.1 Å². The molecule has 2 aromatic heterocycles. The quantitative estimate of drug-likeness (QED) is 0.0676. The monoisotopic (exact) mass is 982 g/mol. The summed E-state index contributed by atoms with van der Waals surface area (Å²) in [5.74, 6) is -1.89. The van der Waals surface area contributed by atoms with E-state index in [-0.39, 0.29) is 45.9 Å². The Balaban J connectivity index is 0.922.